The highest BCUT2D eigenvalue weighted by atomic mass is 19.4. The highest BCUT2D eigenvalue weighted by Crippen LogP contribution is 2.34. The summed E-state index contributed by atoms with van der Waals surface area (Å²) in [5.74, 6) is -0.859. The number of methoxy groups -OCH3 is 1. The minimum absolute atomic E-state index is 0.392. The Morgan fingerprint density at radius 3 is 2.38 bits per heavy atom. The zero-order valence-corrected chi connectivity index (χ0v) is 18.1. The molecule has 1 amide bonds. The van der Waals surface area contributed by atoms with E-state index in [4.69, 9.17) is 0 Å². The Labute approximate surface area is 193 Å². The minimum atomic E-state index is -4.41. The summed E-state index contributed by atoms with van der Waals surface area (Å²) < 4.78 is 43.8. The van der Waals surface area contributed by atoms with Gasteiger partial charge in [0.15, 0.2) is 0 Å². The molecule has 0 aliphatic carbocycles. The number of alkyl halides is 3. The summed E-state index contributed by atoms with van der Waals surface area (Å²) in [6.45, 7) is 0.853. The molecular formula is C25H20F3N3O3. The van der Waals surface area contributed by atoms with E-state index in [0.29, 0.717) is 35.5 Å². The van der Waals surface area contributed by atoms with E-state index in [-0.39, 0.29) is 0 Å². The second-order valence-corrected chi connectivity index (χ2v) is 7.70. The molecule has 0 aromatic heterocycles. The molecule has 0 unspecified atom stereocenters. The Balaban J connectivity index is 1.40. The smallest absolute Gasteiger partial charge is 0.416 e. The van der Waals surface area contributed by atoms with E-state index in [1.54, 1.807) is 48.5 Å². The average Bonchev–Trinajstić information content (AvgIpc) is 3.27. The van der Waals surface area contributed by atoms with Gasteiger partial charge in [0.05, 0.1) is 24.5 Å². The van der Waals surface area contributed by atoms with Gasteiger partial charge in [-0.15, -0.1) is 0 Å². The van der Waals surface area contributed by atoms with E-state index in [0.717, 1.165) is 23.3 Å². The maximum Gasteiger partial charge on any atom is 0.416 e. The van der Waals surface area contributed by atoms with E-state index in [1.807, 2.05) is 4.90 Å². The number of benzene rings is 3. The van der Waals surface area contributed by atoms with Crippen LogP contribution in [0, 0.1) is 0 Å². The molecule has 1 heterocycles. The summed E-state index contributed by atoms with van der Waals surface area (Å²) in [5, 5.41) is 3.94. The van der Waals surface area contributed by atoms with Gasteiger partial charge in [-0.05, 0) is 59.2 Å². The predicted molar refractivity (Wildman–Crippen MR) is 121 cm³/mol. The summed E-state index contributed by atoms with van der Waals surface area (Å²) in [7, 11) is 1.30. The van der Waals surface area contributed by atoms with Crippen LogP contribution in [0.25, 0.3) is 0 Å². The molecule has 4 rings (SSSR count). The number of halogens is 3. The molecular weight excluding hydrogens is 447 g/mol. The summed E-state index contributed by atoms with van der Waals surface area (Å²) in [6.07, 6.45) is -2.96. The fraction of sp³-hybridized carbons (Fsp3) is 0.160. The number of anilines is 1. The van der Waals surface area contributed by atoms with E-state index in [9.17, 15) is 22.8 Å². The Morgan fingerprint density at radius 2 is 1.68 bits per heavy atom. The fourth-order valence-corrected chi connectivity index (χ4v) is 3.65. The topological polar surface area (TPSA) is 71.0 Å². The molecule has 0 bridgehead atoms. The first kappa shape index (κ1) is 23.0. The van der Waals surface area contributed by atoms with Crippen LogP contribution in [0.15, 0.2) is 71.8 Å². The van der Waals surface area contributed by atoms with Crippen LogP contribution in [0.1, 0.15) is 43.0 Å². The van der Waals surface area contributed by atoms with Crippen molar-refractivity contribution in [2.45, 2.75) is 19.3 Å². The molecule has 3 aromatic rings. The van der Waals surface area contributed by atoms with Gasteiger partial charge < -0.3 is 9.64 Å². The van der Waals surface area contributed by atoms with Crippen molar-refractivity contribution < 1.29 is 27.5 Å². The highest BCUT2D eigenvalue weighted by molar-refractivity contribution is 5.95. The van der Waals surface area contributed by atoms with E-state index < -0.39 is 23.6 Å². The third kappa shape index (κ3) is 5.09. The second kappa shape index (κ2) is 9.38. The first-order valence-corrected chi connectivity index (χ1v) is 10.3. The first-order valence-electron chi connectivity index (χ1n) is 10.3. The molecule has 1 aliphatic heterocycles. The summed E-state index contributed by atoms with van der Waals surface area (Å²) in [6, 6.07) is 16.9. The molecule has 0 fully saturated rings. The van der Waals surface area contributed by atoms with Crippen molar-refractivity contribution in [3.05, 3.63) is 100 Å². The van der Waals surface area contributed by atoms with Gasteiger partial charge >= 0.3 is 12.1 Å². The lowest BCUT2D eigenvalue weighted by atomic mass is 10.1. The zero-order valence-electron chi connectivity index (χ0n) is 18.1. The van der Waals surface area contributed by atoms with Gasteiger partial charge in [0.2, 0.25) is 0 Å². The number of ether oxygens (including phenoxy) is 1. The lowest BCUT2D eigenvalue weighted by molar-refractivity contribution is -0.137. The first-order chi connectivity index (χ1) is 16.2. The summed E-state index contributed by atoms with van der Waals surface area (Å²) in [5.41, 5.74) is 5.52. The molecule has 1 aliphatic rings. The van der Waals surface area contributed by atoms with Gasteiger partial charge in [-0.3, -0.25) is 4.79 Å². The number of nitrogens with zero attached hydrogens (tertiary/aromatic N) is 2. The number of hydrazone groups is 1. The van der Waals surface area contributed by atoms with Crippen LogP contribution >= 0.6 is 0 Å². The number of esters is 1. The lowest BCUT2D eigenvalue weighted by Gasteiger charge is -2.19. The SMILES string of the molecule is COC(=O)c1ccc(C=NNC(=O)c2ccc3c(c2)CN(c2cccc(C(F)(F)F)c2)C3)cc1. The number of rotatable bonds is 5. The maximum atomic E-state index is 13.0. The molecule has 6 nitrogen and oxygen atoms in total. The van der Waals surface area contributed by atoms with Crippen molar-refractivity contribution in [1.82, 2.24) is 5.43 Å². The Bertz CT molecular complexity index is 1250. The molecule has 34 heavy (non-hydrogen) atoms. The Kier molecular flexibility index (Phi) is 6.36. The van der Waals surface area contributed by atoms with Crippen molar-refractivity contribution in [2.75, 3.05) is 12.0 Å². The van der Waals surface area contributed by atoms with Crippen molar-refractivity contribution in [2.24, 2.45) is 5.10 Å². The van der Waals surface area contributed by atoms with Crippen LogP contribution in [-0.2, 0) is 24.0 Å². The summed E-state index contributed by atoms with van der Waals surface area (Å²) >= 11 is 0. The molecule has 0 atom stereocenters. The number of carbonyl (C=O) groups excluding carboxylic acids is 2. The van der Waals surface area contributed by atoms with Crippen LogP contribution in [0.4, 0.5) is 18.9 Å². The number of fused-ring (bicyclic) bond motifs is 1. The minimum Gasteiger partial charge on any atom is -0.465 e. The molecule has 3 aromatic carbocycles. The van der Waals surface area contributed by atoms with Crippen LogP contribution in [0.3, 0.4) is 0 Å². The van der Waals surface area contributed by atoms with E-state index in [2.05, 4.69) is 15.3 Å². The van der Waals surface area contributed by atoms with Crippen LogP contribution in [-0.4, -0.2) is 25.2 Å². The molecule has 0 saturated heterocycles. The standard InChI is InChI=1S/C25H20F3N3O3/c1-34-24(33)17-7-5-16(6-8-17)13-29-30-23(32)18-9-10-19-14-31(15-20(19)11-18)22-4-2-3-21(12-22)25(26,27)28/h2-13H,14-15H2,1H3,(H,30,32). The molecule has 0 spiro atoms. The van der Waals surface area contributed by atoms with Gasteiger partial charge in [-0.2, -0.15) is 18.3 Å². The third-order valence-corrected chi connectivity index (χ3v) is 5.44. The molecule has 1 N–H and O–H groups in total. The van der Waals surface area contributed by atoms with Crippen molar-refractivity contribution in [1.29, 1.82) is 0 Å². The van der Waals surface area contributed by atoms with Crippen molar-refractivity contribution in [3.63, 3.8) is 0 Å². The third-order valence-electron chi connectivity index (χ3n) is 5.44. The molecule has 0 saturated carbocycles. The number of carbonyl (C=O) groups is 2. The number of amides is 1. The number of hydrogen-bond acceptors (Lipinski definition) is 5. The highest BCUT2D eigenvalue weighted by Gasteiger charge is 2.31. The average molecular weight is 467 g/mol. The van der Waals surface area contributed by atoms with Crippen molar-refractivity contribution >= 4 is 23.8 Å². The molecule has 0 radical (unpaired) electrons. The van der Waals surface area contributed by atoms with Gasteiger partial charge in [-0.25, -0.2) is 10.2 Å². The number of hydrogen-bond donors (Lipinski definition) is 1. The molecule has 174 valence electrons. The van der Waals surface area contributed by atoms with E-state index in [1.165, 1.54) is 19.4 Å². The zero-order chi connectivity index (χ0) is 24.3. The normalized spacial score (nSPS) is 13.1. The Morgan fingerprint density at radius 1 is 0.971 bits per heavy atom. The van der Waals surface area contributed by atoms with Gasteiger partial charge in [-0.1, -0.05) is 24.3 Å². The van der Waals surface area contributed by atoms with Crippen molar-refractivity contribution in [3.8, 4) is 0 Å². The fourth-order valence-electron chi connectivity index (χ4n) is 3.65. The molecule has 9 heteroatoms. The largest absolute Gasteiger partial charge is 0.465 e. The quantitative estimate of drug-likeness (QED) is 0.333. The van der Waals surface area contributed by atoms with Crippen LogP contribution in [0.5, 0.6) is 0 Å². The van der Waals surface area contributed by atoms with Gasteiger partial charge in [0.1, 0.15) is 0 Å². The van der Waals surface area contributed by atoms with Gasteiger partial charge in [0.25, 0.3) is 5.91 Å². The van der Waals surface area contributed by atoms with E-state index >= 15 is 0 Å². The second-order valence-electron chi connectivity index (χ2n) is 7.70. The number of nitrogens with one attached hydrogen (secondary N) is 1. The van der Waals surface area contributed by atoms with Crippen LogP contribution in [0.2, 0.25) is 0 Å². The lowest BCUT2D eigenvalue weighted by Crippen LogP contribution is -2.18. The maximum absolute atomic E-state index is 13.0. The predicted octanol–water partition coefficient (Wildman–Crippen LogP) is 4.78. The van der Waals surface area contributed by atoms with Crippen LogP contribution < -0.4 is 10.3 Å². The monoisotopic (exact) mass is 467 g/mol. The Hall–Kier alpha value is -4.14. The summed E-state index contributed by atoms with van der Waals surface area (Å²) in [4.78, 5) is 25.8. The van der Waals surface area contributed by atoms with Gasteiger partial charge in [0, 0.05) is 24.3 Å².